The maximum atomic E-state index is 13.4. The molecule has 0 bridgehead atoms. The Hall–Kier alpha value is -4.10. The molecular weight excluding hydrogens is 454 g/mol. The minimum absolute atomic E-state index is 0.0241. The van der Waals surface area contributed by atoms with E-state index in [0.29, 0.717) is 17.1 Å². The van der Waals surface area contributed by atoms with Gasteiger partial charge in [0.25, 0.3) is 10.0 Å². The number of para-hydroxylation sites is 1. The van der Waals surface area contributed by atoms with Crippen molar-refractivity contribution in [1.82, 2.24) is 14.8 Å². The van der Waals surface area contributed by atoms with Gasteiger partial charge in [0.05, 0.1) is 20.4 Å². The Morgan fingerprint density at radius 2 is 1.71 bits per heavy atom. The molecule has 0 unspecified atom stereocenters. The first-order valence-electron chi connectivity index (χ1n) is 10.3. The average molecular weight is 478 g/mol. The minimum atomic E-state index is -4.13. The van der Waals surface area contributed by atoms with Crippen LogP contribution in [0.4, 0.5) is 5.82 Å². The van der Waals surface area contributed by atoms with Crippen LogP contribution in [-0.2, 0) is 10.0 Å². The summed E-state index contributed by atoms with van der Waals surface area (Å²) in [6, 6.07) is 12.5. The van der Waals surface area contributed by atoms with E-state index in [1.54, 1.807) is 25.3 Å². The van der Waals surface area contributed by atoms with E-state index in [4.69, 9.17) is 9.47 Å². The van der Waals surface area contributed by atoms with Crippen molar-refractivity contribution in [3.63, 3.8) is 0 Å². The number of nitriles is 1. The second-order valence-corrected chi connectivity index (χ2v) is 9.43. The van der Waals surface area contributed by atoms with E-state index in [0.717, 1.165) is 22.1 Å². The molecule has 0 aliphatic carbocycles. The number of fused-ring (bicyclic) bond motifs is 1. The van der Waals surface area contributed by atoms with E-state index < -0.39 is 10.0 Å². The van der Waals surface area contributed by atoms with Crippen molar-refractivity contribution >= 4 is 26.7 Å². The van der Waals surface area contributed by atoms with Crippen molar-refractivity contribution in [1.29, 1.82) is 5.26 Å². The zero-order valence-electron chi connectivity index (χ0n) is 19.4. The van der Waals surface area contributed by atoms with Crippen LogP contribution in [0.25, 0.3) is 16.7 Å². The fourth-order valence-corrected chi connectivity index (χ4v) is 4.96. The molecule has 0 saturated heterocycles. The molecule has 10 heteroatoms. The number of rotatable bonds is 6. The molecular formula is C24H23N5O4S. The number of aryl methyl sites for hydroxylation is 3. The van der Waals surface area contributed by atoms with Crippen LogP contribution in [0.15, 0.2) is 47.5 Å². The van der Waals surface area contributed by atoms with E-state index in [1.807, 2.05) is 39.0 Å². The van der Waals surface area contributed by atoms with Crippen molar-refractivity contribution in [3.05, 3.63) is 64.8 Å². The van der Waals surface area contributed by atoms with Gasteiger partial charge in [-0.15, -0.1) is 0 Å². The first kappa shape index (κ1) is 23.1. The first-order chi connectivity index (χ1) is 16.2. The third-order valence-electron chi connectivity index (χ3n) is 5.62. The Kier molecular flexibility index (Phi) is 5.89. The number of hydrogen-bond donors (Lipinski definition) is 1. The minimum Gasteiger partial charge on any atom is -0.495 e. The van der Waals surface area contributed by atoms with Gasteiger partial charge < -0.3 is 9.47 Å². The molecule has 0 spiro atoms. The molecule has 9 nitrogen and oxygen atoms in total. The standard InChI is InChI=1S/C24H23N5O4S/c1-14-9-20(33-5)21(10-15(14)2)34(30,31)28-24-17(12-25)13-26-29(24)22-11-16(3)18-7-6-8-19(32-4)23(18)27-22/h6-11,13,28H,1-5H3. The SMILES string of the molecule is COc1cc(C)c(C)cc1S(=O)(=O)Nc1c(C#N)cnn1-c1cc(C)c2cccc(OC)c2n1. The summed E-state index contributed by atoms with van der Waals surface area (Å²) in [5, 5.41) is 14.8. The number of ether oxygens (including phenoxy) is 2. The van der Waals surface area contributed by atoms with Gasteiger partial charge in [0, 0.05) is 5.39 Å². The molecule has 0 saturated carbocycles. The number of hydrogen-bond acceptors (Lipinski definition) is 7. The van der Waals surface area contributed by atoms with E-state index in [9.17, 15) is 13.7 Å². The number of sulfonamides is 1. The number of benzene rings is 2. The molecule has 2 aromatic heterocycles. The summed E-state index contributed by atoms with van der Waals surface area (Å²) >= 11 is 0. The lowest BCUT2D eigenvalue weighted by Gasteiger charge is -2.15. The van der Waals surface area contributed by atoms with E-state index in [-0.39, 0.29) is 22.0 Å². The highest BCUT2D eigenvalue weighted by Gasteiger charge is 2.25. The largest absolute Gasteiger partial charge is 0.495 e. The Morgan fingerprint density at radius 1 is 1.00 bits per heavy atom. The second kappa shape index (κ2) is 8.68. The van der Waals surface area contributed by atoms with Crippen molar-refractivity contribution in [2.24, 2.45) is 0 Å². The van der Waals surface area contributed by atoms with Gasteiger partial charge in [0.15, 0.2) is 11.6 Å². The van der Waals surface area contributed by atoms with Crippen LogP contribution >= 0.6 is 0 Å². The summed E-state index contributed by atoms with van der Waals surface area (Å²) in [4.78, 5) is 4.61. The smallest absolute Gasteiger partial charge is 0.266 e. The number of anilines is 1. The fraction of sp³-hybridized carbons (Fsp3) is 0.208. The molecule has 2 heterocycles. The lowest BCUT2D eigenvalue weighted by atomic mass is 10.1. The van der Waals surface area contributed by atoms with Gasteiger partial charge in [-0.05, 0) is 61.7 Å². The van der Waals surface area contributed by atoms with Crippen LogP contribution in [0.2, 0.25) is 0 Å². The van der Waals surface area contributed by atoms with Gasteiger partial charge in [0.2, 0.25) is 0 Å². The molecule has 1 N–H and O–H groups in total. The molecule has 0 aliphatic heterocycles. The summed E-state index contributed by atoms with van der Waals surface area (Å²) in [6.45, 7) is 5.59. The number of aromatic nitrogens is 3. The molecule has 0 fully saturated rings. The molecule has 0 amide bonds. The van der Waals surface area contributed by atoms with Crippen molar-refractivity contribution in [2.75, 3.05) is 18.9 Å². The van der Waals surface area contributed by atoms with Crippen molar-refractivity contribution in [2.45, 2.75) is 25.7 Å². The molecule has 0 radical (unpaired) electrons. The van der Waals surface area contributed by atoms with Crippen LogP contribution in [0.5, 0.6) is 11.5 Å². The zero-order chi connectivity index (χ0) is 24.6. The van der Waals surface area contributed by atoms with E-state index >= 15 is 0 Å². The second-order valence-electron chi connectivity index (χ2n) is 7.78. The van der Waals surface area contributed by atoms with Crippen LogP contribution in [0.3, 0.4) is 0 Å². The topological polar surface area (TPSA) is 119 Å². The Balaban J connectivity index is 1.88. The van der Waals surface area contributed by atoms with Gasteiger partial charge in [0.1, 0.15) is 33.5 Å². The highest BCUT2D eigenvalue weighted by atomic mass is 32.2. The maximum Gasteiger partial charge on any atom is 0.266 e. The lowest BCUT2D eigenvalue weighted by molar-refractivity contribution is 0.402. The molecule has 4 aromatic rings. The molecule has 2 aromatic carbocycles. The monoisotopic (exact) mass is 477 g/mol. The van der Waals surface area contributed by atoms with E-state index in [2.05, 4.69) is 14.8 Å². The van der Waals surface area contributed by atoms with Gasteiger partial charge in [-0.2, -0.15) is 15.0 Å². The predicted octanol–water partition coefficient (Wildman–Crippen LogP) is 4.04. The fourth-order valence-electron chi connectivity index (χ4n) is 3.66. The quantitative estimate of drug-likeness (QED) is 0.445. The zero-order valence-corrected chi connectivity index (χ0v) is 20.2. The van der Waals surface area contributed by atoms with Crippen LogP contribution < -0.4 is 14.2 Å². The summed E-state index contributed by atoms with van der Waals surface area (Å²) in [7, 11) is -1.17. The van der Waals surface area contributed by atoms with E-state index in [1.165, 1.54) is 24.1 Å². The van der Waals surface area contributed by atoms with Crippen molar-refractivity contribution < 1.29 is 17.9 Å². The molecule has 4 rings (SSSR count). The predicted molar refractivity (Wildman–Crippen MR) is 128 cm³/mol. The third kappa shape index (κ3) is 3.91. The average Bonchev–Trinajstić information content (AvgIpc) is 3.21. The Labute approximate surface area is 197 Å². The summed E-state index contributed by atoms with van der Waals surface area (Å²) in [5.74, 6) is 1.08. The molecule has 0 aliphatic rings. The number of pyridine rings is 1. The maximum absolute atomic E-state index is 13.4. The number of methoxy groups -OCH3 is 2. The van der Waals surface area contributed by atoms with Crippen LogP contribution in [0.1, 0.15) is 22.3 Å². The number of nitrogens with one attached hydrogen (secondary N) is 1. The lowest BCUT2D eigenvalue weighted by Crippen LogP contribution is -2.18. The third-order valence-corrected chi connectivity index (χ3v) is 6.98. The number of nitrogens with zero attached hydrogens (tertiary/aromatic N) is 4. The highest BCUT2D eigenvalue weighted by Crippen LogP contribution is 2.32. The van der Waals surface area contributed by atoms with Crippen LogP contribution in [0, 0.1) is 32.1 Å². The van der Waals surface area contributed by atoms with Gasteiger partial charge in [-0.1, -0.05) is 12.1 Å². The highest BCUT2D eigenvalue weighted by molar-refractivity contribution is 7.92. The van der Waals surface area contributed by atoms with Crippen molar-refractivity contribution in [3.8, 4) is 23.4 Å². The Morgan fingerprint density at radius 3 is 2.38 bits per heavy atom. The molecule has 174 valence electrons. The summed E-state index contributed by atoms with van der Waals surface area (Å²) < 4.78 is 41.4. The van der Waals surface area contributed by atoms with Crippen LogP contribution in [-0.4, -0.2) is 37.4 Å². The van der Waals surface area contributed by atoms with Gasteiger partial charge in [-0.25, -0.2) is 13.4 Å². The summed E-state index contributed by atoms with van der Waals surface area (Å²) in [6.07, 6.45) is 1.29. The first-order valence-corrected chi connectivity index (χ1v) is 11.8. The van der Waals surface area contributed by atoms with Gasteiger partial charge >= 0.3 is 0 Å². The summed E-state index contributed by atoms with van der Waals surface area (Å²) in [5.41, 5.74) is 3.21. The molecule has 0 atom stereocenters. The van der Waals surface area contributed by atoms with Gasteiger partial charge in [-0.3, -0.25) is 4.72 Å². The molecule has 34 heavy (non-hydrogen) atoms. The normalized spacial score (nSPS) is 11.3. The Bertz CT molecular complexity index is 1570.